The summed E-state index contributed by atoms with van der Waals surface area (Å²) >= 11 is 9.05. The van der Waals surface area contributed by atoms with Crippen LogP contribution in [0.1, 0.15) is 0 Å². The van der Waals surface area contributed by atoms with E-state index in [0.717, 1.165) is 22.6 Å². The van der Waals surface area contributed by atoms with E-state index in [2.05, 4.69) is 15.1 Å². The number of para-hydroxylation sites is 2. The first-order valence-corrected chi connectivity index (χ1v) is 9.78. The van der Waals surface area contributed by atoms with Crippen molar-refractivity contribution >= 4 is 31.7 Å². The molecule has 0 radical (unpaired) electrons. The molecular formula is C12H8ClO2PSe. The first-order chi connectivity index (χ1) is 8.16. The van der Waals surface area contributed by atoms with E-state index in [-0.39, 0.29) is 0 Å². The summed E-state index contributed by atoms with van der Waals surface area (Å²) < 4.78 is 11.5. The van der Waals surface area contributed by atoms with E-state index in [4.69, 9.17) is 20.3 Å². The number of fused-ring (bicyclic) bond motifs is 3. The molecule has 0 atom stereocenters. The predicted molar refractivity (Wildman–Crippen MR) is 71.7 cm³/mol. The van der Waals surface area contributed by atoms with E-state index in [1.807, 2.05) is 48.5 Å². The summed E-state index contributed by atoms with van der Waals surface area (Å²) in [6, 6.07) is 15.6. The topological polar surface area (TPSA) is 18.5 Å². The Morgan fingerprint density at radius 1 is 0.824 bits per heavy atom. The van der Waals surface area contributed by atoms with Crippen LogP contribution in [0.25, 0.3) is 11.1 Å². The molecule has 2 nitrogen and oxygen atoms in total. The molecule has 2 aromatic rings. The minimum atomic E-state index is -2.50. The van der Waals surface area contributed by atoms with Crippen molar-refractivity contribution in [3.63, 3.8) is 0 Å². The molecule has 1 heterocycles. The van der Waals surface area contributed by atoms with Gasteiger partial charge < -0.3 is 0 Å². The molecule has 0 fully saturated rings. The zero-order valence-electron chi connectivity index (χ0n) is 8.67. The SMILES string of the molecule is ClP1(=[Se])Oc2ccccc2-c2ccccc2O1. The predicted octanol–water partition coefficient (Wildman–Crippen LogP) is 4.21. The number of rotatable bonds is 0. The summed E-state index contributed by atoms with van der Waals surface area (Å²) in [4.78, 5) is 0. The quantitative estimate of drug-likeness (QED) is 0.532. The number of hydrogen-bond donors (Lipinski definition) is 0. The van der Waals surface area contributed by atoms with Gasteiger partial charge in [0.1, 0.15) is 0 Å². The van der Waals surface area contributed by atoms with Crippen LogP contribution < -0.4 is 9.05 Å². The first kappa shape index (κ1) is 11.4. The van der Waals surface area contributed by atoms with Gasteiger partial charge in [0, 0.05) is 0 Å². The van der Waals surface area contributed by atoms with Gasteiger partial charge in [0.15, 0.2) is 0 Å². The van der Waals surface area contributed by atoms with Crippen molar-refractivity contribution in [3.8, 4) is 22.6 Å². The van der Waals surface area contributed by atoms with E-state index in [1.54, 1.807) is 0 Å². The van der Waals surface area contributed by atoms with Gasteiger partial charge >= 0.3 is 112 Å². The summed E-state index contributed by atoms with van der Waals surface area (Å²) in [6.07, 6.45) is 0. The number of hydrogen-bond acceptors (Lipinski definition) is 2. The molecule has 1 aliphatic rings. The Labute approximate surface area is 112 Å². The van der Waals surface area contributed by atoms with Crippen LogP contribution in [0.4, 0.5) is 0 Å². The molecule has 0 aromatic heterocycles. The summed E-state index contributed by atoms with van der Waals surface area (Å²) in [7, 11) is 0. The van der Waals surface area contributed by atoms with Crippen molar-refractivity contribution in [3.05, 3.63) is 48.5 Å². The van der Waals surface area contributed by atoms with Gasteiger partial charge in [-0.15, -0.1) is 0 Å². The average molecular weight is 330 g/mol. The van der Waals surface area contributed by atoms with Gasteiger partial charge in [0.25, 0.3) is 0 Å². The fourth-order valence-electron chi connectivity index (χ4n) is 1.79. The average Bonchev–Trinajstić information content (AvgIpc) is 2.40. The van der Waals surface area contributed by atoms with Gasteiger partial charge in [-0.2, -0.15) is 0 Å². The Morgan fingerprint density at radius 2 is 1.24 bits per heavy atom. The van der Waals surface area contributed by atoms with Crippen LogP contribution >= 0.6 is 16.6 Å². The molecule has 0 unspecified atom stereocenters. The van der Waals surface area contributed by atoms with Crippen LogP contribution in [0.3, 0.4) is 0 Å². The van der Waals surface area contributed by atoms with Crippen molar-refractivity contribution in [2.24, 2.45) is 0 Å². The van der Waals surface area contributed by atoms with Crippen molar-refractivity contribution in [1.82, 2.24) is 0 Å². The Morgan fingerprint density at radius 3 is 1.71 bits per heavy atom. The second-order valence-electron chi connectivity index (χ2n) is 3.61. The molecule has 5 heteroatoms. The second-order valence-corrected chi connectivity index (χ2v) is 10.6. The van der Waals surface area contributed by atoms with Crippen LogP contribution in [-0.4, -0.2) is 15.1 Å². The van der Waals surface area contributed by atoms with E-state index in [0.29, 0.717) is 0 Å². The molecule has 0 bridgehead atoms. The molecule has 1 aliphatic heterocycles. The van der Waals surface area contributed by atoms with Crippen molar-refractivity contribution < 1.29 is 9.05 Å². The van der Waals surface area contributed by atoms with Crippen molar-refractivity contribution in [1.29, 1.82) is 0 Å². The van der Waals surface area contributed by atoms with E-state index >= 15 is 0 Å². The number of benzene rings is 2. The standard InChI is InChI=1S/C12H8ClO2PSe/c13-16(17)14-11-7-3-1-5-9(11)10-6-2-4-8-12(10)15-16/h1-8H. The molecule has 0 aliphatic carbocycles. The second kappa shape index (κ2) is 4.19. The summed E-state index contributed by atoms with van der Waals surface area (Å²) in [5.74, 6) is 1.50. The molecule has 3 rings (SSSR count). The van der Waals surface area contributed by atoms with Gasteiger partial charge in [-0.05, 0) is 0 Å². The minimum absolute atomic E-state index is 0.750. The van der Waals surface area contributed by atoms with Gasteiger partial charge in [-0.3, -0.25) is 0 Å². The molecule has 17 heavy (non-hydrogen) atoms. The van der Waals surface area contributed by atoms with E-state index in [9.17, 15) is 0 Å². The zero-order valence-corrected chi connectivity index (χ0v) is 12.0. The van der Waals surface area contributed by atoms with Crippen LogP contribution in [0, 0.1) is 0 Å². The van der Waals surface area contributed by atoms with Crippen molar-refractivity contribution in [2.75, 3.05) is 0 Å². The Bertz CT molecular complexity index is 578. The fraction of sp³-hybridized carbons (Fsp3) is 0. The third-order valence-electron chi connectivity index (χ3n) is 2.48. The first-order valence-electron chi connectivity index (χ1n) is 5.03. The molecule has 0 N–H and O–H groups in total. The van der Waals surface area contributed by atoms with Gasteiger partial charge in [-0.1, -0.05) is 0 Å². The number of halogens is 1. The Hall–Kier alpha value is -0.721. The summed E-state index contributed by atoms with van der Waals surface area (Å²) in [5.41, 5.74) is 2.00. The summed E-state index contributed by atoms with van der Waals surface area (Å²) in [6.45, 7) is 0. The normalized spacial score (nSPS) is 15.8. The summed E-state index contributed by atoms with van der Waals surface area (Å²) in [5, 5.41) is -2.50. The Kier molecular flexibility index (Phi) is 2.80. The van der Waals surface area contributed by atoms with Gasteiger partial charge in [0.2, 0.25) is 0 Å². The van der Waals surface area contributed by atoms with E-state index < -0.39 is 5.32 Å². The molecule has 0 saturated heterocycles. The third kappa shape index (κ3) is 2.16. The maximum atomic E-state index is 6.24. The van der Waals surface area contributed by atoms with Gasteiger partial charge in [0.05, 0.1) is 0 Å². The molecule has 86 valence electrons. The van der Waals surface area contributed by atoms with Crippen molar-refractivity contribution in [2.45, 2.75) is 0 Å². The molecule has 2 aromatic carbocycles. The van der Waals surface area contributed by atoms with Gasteiger partial charge in [-0.25, -0.2) is 0 Å². The molecular weight excluding hydrogens is 322 g/mol. The van der Waals surface area contributed by atoms with Crippen LogP contribution in [0.5, 0.6) is 11.5 Å². The molecule has 0 amide bonds. The monoisotopic (exact) mass is 330 g/mol. The molecule has 0 spiro atoms. The maximum absolute atomic E-state index is 6.24. The van der Waals surface area contributed by atoms with Crippen LogP contribution in [-0.2, 0) is 0 Å². The van der Waals surface area contributed by atoms with E-state index in [1.165, 1.54) is 0 Å². The third-order valence-corrected chi connectivity index (χ3v) is 4.66. The Balaban J connectivity index is 2.32. The van der Waals surface area contributed by atoms with Crippen LogP contribution in [0.15, 0.2) is 48.5 Å². The fourth-order valence-corrected chi connectivity index (χ4v) is 4.07. The zero-order chi connectivity index (χ0) is 11.9. The molecule has 0 saturated carbocycles. The van der Waals surface area contributed by atoms with Crippen LogP contribution in [0.2, 0.25) is 0 Å².